The molecule has 0 radical (unpaired) electrons. The van der Waals surface area contributed by atoms with Crippen molar-refractivity contribution in [2.24, 2.45) is 11.7 Å². The van der Waals surface area contributed by atoms with Crippen LogP contribution in [0.5, 0.6) is 0 Å². The van der Waals surface area contributed by atoms with Crippen LogP contribution in [0.25, 0.3) is 22.5 Å². The van der Waals surface area contributed by atoms with Gasteiger partial charge in [0.25, 0.3) is 0 Å². The number of benzene rings is 2. The van der Waals surface area contributed by atoms with Crippen LogP contribution in [-0.2, 0) is 6.42 Å². The van der Waals surface area contributed by atoms with Crippen molar-refractivity contribution in [1.82, 2.24) is 15.3 Å². The zero-order valence-electron chi connectivity index (χ0n) is 20.6. The minimum atomic E-state index is -0.423. The van der Waals surface area contributed by atoms with Gasteiger partial charge in [-0.15, -0.1) is 0 Å². The van der Waals surface area contributed by atoms with Crippen molar-refractivity contribution in [2.45, 2.75) is 71.1 Å². The number of amides is 2. The van der Waals surface area contributed by atoms with E-state index in [0.29, 0.717) is 6.54 Å². The van der Waals surface area contributed by atoms with Crippen LogP contribution in [0.1, 0.15) is 70.5 Å². The smallest absolute Gasteiger partial charge is 0.312 e. The van der Waals surface area contributed by atoms with Gasteiger partial charge in [-0.25, -0.2) is 9.78 Å². The summed E-state index contributed by atoms with van der Waals surface area (Å²) >= 11 is 0. The lowest BCUT2D eigenvalue weighted by atomic mass is 9.96. The van der Waals surface area contributed by atoms with Gasteiger partial charge in [0.15, 0.2) is 0 Å². The Morgan fingerprint density at radius 1 is 0.853 bits per heavy atom. The number of H-pyrrole nitrogens is 1. The molecule has 1 unspecified atom stereocenters. The molecule has 0 fully saturated rings. The van der Waals surface area contributed by atoms with Crippen LogP contribution in [0.4, 0.5) is 4.79 Å². The molecule has 2 aromatic carbocycles. The van der Waals surface area contributed by atoms with Gasteiger partial charge in [0.2, 0.25) is 0 Å². The number of carbonyl (C=O) groups is 1. The summed E-state index contributed by atoms with van der Waals surface area (Å²) in [6.45, 7) is 3.06. The predicted molar refractivity (Wildman–Crippen MR) is 141 cm³/mol. The van der Waals surface area contributed by atoms with Crippen LogP contribution >= 0.6 is 0 Å². The van der Waals surface area contributed by atoms with E-state index in [9.17, 15) is 4.79 Å². The van der Waals surface area contributed by atoms with Crippen LogP contribution < -0.4 is 11.1 Å². The second-order valence-corrected chi connectivity index (χ2v) is 9.34. The number of rotatable bonds is 15. The maximum atomic E-state index is 10.7. The summed E-state index contributed by atoms with van der Waals surface area (Å²) in [5.41, 5.74) is 9.57. The molecule has 1 heterocycles. The van der Waals surface area contributed by atoms with Crippen LogP contribution in [0.15, 0.2) is 60.7 Å². The molecule has 34 heavy (non-hydrogen) atoms. The Balaban J connectivity index is 1.37. The van der Waals surface area contributed by atoms with Crippen LogP contribution in [0.3, 0.4) is 0 Å². The normalized spacial score (nSPS) is 11.9. The molecule has 0 saturated heterocycles. The first-order valence-corrected chi connectivity index (χ1v) is 12.9. The first-order valence-electron chi connectivity index (χ1n) is 12.9. The van der Waals surface area contributed by atoms with Gasteiger partial charge in [-0.2, -0.15) is 0 Å². The molecule has 0 spiro atoms. The van der Waals surface area contributed by atoms with E-state index >= 15 is 0 Å². The molecule has 0 aliphatic rings. The molecule has 1 atom stereocenters. The Labute approximate surface area is 204 Å². The lowest BCUT2D eigenvalue weighted by Crippen LogP contribution is -2.29. The topological polar surface area (TPSA) is 83.8 Å². The third-order valence-corrected chi connectivity index (χ3v) is 6.40. The van der Waals surface area contributed by atoms with Crippen molar-refractivity contribution in [1.29, 1.82) is 0 Å². The number of nitrogens with zero attached hydrogens (tertiary/aromatic N) is 1. The van der Waals surface area contributed by atoms with Gasteiger partial charge >= 0.3 is 6.03 Å². The molecule has 3 rings (SSSR count). The summed E-state index contributed by atoms with van der Waals surface area (Å²) in [6, 6.07) is 20.5. The number of hydrogen-bond acceptors (Lipinski definition) is 2. The Kier molecular flexibility index (Phi) is 10.7. The third kappa shape index (κ3) is 8.69. The van der Waals surface area contributed by atoms with E-state index in [1.807, 2.05) is 12.1 Å². The van der Waals surface area contributed by atoms with Crippen molar-refractivity contribution in [2.75, 3.05) is 6.54 Å². The SMILES string of the molecule is CC(CCCCCCc1nc(-c2ccccc2)c(-c2ccccc2)[nH]1)CCCCCNC(N)=O. The minimum Gasteiger partial charge on any atom is -0.352 e. The zero-order chi connectivity index (χ0) is 24.0. The summed E-state index contributed by atoms with van der Waals surface area (Å²) in [6.07, 6.45) is 12.0. The van der Waals surface area contributed by atoms with Crippen molar-refractivity contribution in [3.05, 3.63) is 66.5 Å². The van der Waals surface area contributed by atoms with Gasteiger partial charge in [-0.1, -0.05) is 113 Å². The number of urea groups is 1. The number of carbonyl (C=O) groups excluding carboxylic acids is 1. The Hall–Kier alpha value is -3.08. The highest BCUT2D eigenvalue weighted by Gasteiger charge is 2.13. The zero-order valence-corrected chi connectivity index (χ0v) is 20.6. The van der Waals surface area contributed by atoms with Gasteiger partial charge in [0.1, 0.15) is 5.82 Å². The first kappa shape index (κ1) is 25.5. The standard InChI is InChI=1S/C29H40N4O/c1-23(16-8-6-14-22-31-29(30)34)15-7-2-3-13-21-26-32-27(24-17-9-4-10-18-24)28(33-26)25-19-11-5-12-20-25/h4-5,9-12,17-20,23H,2-3,6-8,13-16,21-22H2,1H3,(H,32,33)(H3,30,31,34). The van der Waals surface area contributed by atoms with Crippen molar-refractivity contribution >= 4 is 6.03 Å². The third-order valence-electron chi connectivity index (χ3n) is 6.40. The quantitative estimate of drug-likeness (QED) is 0.211. The number of aromatic amines is 1. The molecule has 4 N–H and O–H groups in total. The van der Waals surface area contributed by atoms with Crippen molar-refractivity contribution < 1.29 is 4.79 Å². The summed E-state index contributed by atoms with van der Waals surface area (Å²) < 4.78 is 0. The van der Waals surface area contributed by atoms with E-state index in [4.69, 9.17) is 10.7 Å². The number of hydrogen-bond donors (Lipinski definition) is 3. The number of unbranched alkanes of at least 4 members (excludes halogenated alkanes) is 5. The molecular formula is C29H40N4O. The Morgan fingerprint density at radius 2 is 1.44 bits per heavy atom. The van der Waals surface area contributed by atoms with Crippen LogP contribution in [0, 0.1) is 5.92 Å². The highest BCUT2D eigenvalue weighted by atomic mass is 16.2. The molecular weight excluding hydrogens is 420 g/mol. The van der Waals surface area contributed by atoms with Gasteiger partial charge in [0, 0.05) is 24.1 Å². The molecule has 0 saturated carbocycles. The van der Waals surface area contributed by atoms with E-state index in [2.05, 4.69) is 65.8 Å². The van der Waals surface area contributed by atoms with Crippen LogP contribution in [0.2, 0.25) is 0 Å². The molecule has 1 aromatic heterocycles. The van der Waals surface area contributed by atoms with E-state index in [1.165, 1.54) is 44.1 Å². The summed E-state index contributed by atoms with van der Waals surface area (Å²) in [5.74, 6) is 1.85. The minimum absolute atomic E-state index is 0.423. The fraction of sp³-hybridized carbons (Fsp3) is 0.448. The molecule has 0 aliphatic heterocycles. The second kappa shape index (κ2) is 14.2. The number of nitrogens with two attached hydrogens (primary N) is 1. The number of aryl methyl sites for hydroxylation is 1. The molecule has 2 amide bonds. The average molecular weight is 461 g/mol. The van der Waals surface area contributed by atoms with Gasteiger partial charge in [0.05, 0.1) is 11.4 Å². The fourth-order valence-electron chi connectivity index (χ4n) is 4.45. The van der Waals surface area contributed by atoms with E-state index < -0.39 is 6.03 Å². The first-order chi connectivity index (χ1) is 16.6. The maximum Gasteiger partial charge on any atom is 0.312 e. The molecule has 3 aromatic rings. The van der Waals surface area contributed by atoms with E-state index in [1.54, 1.807) is 0 Å². The average Bonchev–Trinajstić information content (AvgIpc) is 3.28. The second-order valence-electron chi connectivity index (χ2n) is 9.34. The van der Waals surface area contributed by atoms with E-state index in [-0.39, 0.29) is 0 Å². The molecule has 5 nitrogen and oxygen atoms in total. The van der Waals surface area contributed by atoms with Gasteiger partial charge in [-0.3, -0.25) is 0 Å². The number of aromatic nitrogens is 2. The molecule has 5 heteroatoms. The van der Waals surface area contributed by atoms with Gasteiger partial charge < -0.3 is 16.0 Å². The Bertz CT molecular complexity index is 911. The molecule has 0 bridgehead atoms. The number of primary amides is 1. The summed E-state index contributed by atoms with van der Waals surface area (Å²) in [7, 11) is 0. The van der Waals surface area contributed by atoms with Crippen LogP contribution in [-0.4, -0.2) is 22.5 Å². The highest BCUT2D eigenvalue weighted by Crippen LogP contribution is 2.30. The fourth-order valence-corrected chi connectivity index (χ4v) is 4.45. The lowest BCUT2D eigenvalue weighted by molar-refractivity contribution is 0.248. The lowest BCUT2D eigenvalue weighted by Gasteiger charge is -2.11. The Morgan fingerprint density at radius 3 is 2.09 bits per heavy atom. The molecule has 0 aliphatic carbocycles. The van der Waals surface area contributed by atoms with E-state index in [0.717, 1.165) is 54.4 Å². The monoisotopic (exact) mass is 460 g/mol. The van der Waals surface area contributed by atoms with Crippen molar-refractivity contribution in [3.63, 3.8) is 0 Å². The predicted octanol–water partition coefficient (Wildman–Crippen LogP) is 7.10. The summed E-state index contributed by atoms with van der Waals surface area (Å²) in [5, 5.41) is 2.65. The number of nitrogens with one attached hydrogen (secondary N) is 2. The van der Waals surface area contributed by atoms with Crippen molar-refractivity contribution in [3.8, 4) is 22.5 Å². The highest BCUT2D eigenvalue weighted by molar-refractivity contribution is 5.78. The maximum absolute atomic E-state index is 10.7. The summed E-state index contributed by atoms with van der Waals surface area (Å²) in [4.78, 5) is 19.2. The number of imidazole rings is 1. The molecule has 182 valence electrons. The van der Waals surface area contributed by atoms with Gasteiger partial charge in [-0.05, 0) is 18.8 Å². The largest absolute Gasteiger partial charge is 0.352 e.